The summed E-state index contributed by atoms with van der Waals surface area (Å²) in [7, 11) is 0. The zero-order chi connectivity index (χ0) is 24.3. The monoisotopic (exact) mass is 472 g/mol. The van der Waals surface area contributed by atoms with Crippen LogP contribution in [0.4, 0.5) is 17.3 Å². The van der Waals surface area contributed by atoms with Gasteiger partial charge in [0.2, 0.25) is 5.95 Å². The van der Waals surface area contributed by atoms with E-state index >= 15 is 0 Å². The Kier molecular flexibility index (Phi) is 6.63. The van der Waals surface area contributed by atoms with Crippen molar-refractivity contribution in [1.29, 1.82) is 0 Å². The number of piperidine rings is 1. The van der Waals surface area contributed by atoms with Crippen LogP contribution in [0.3, 0.4) is 0 Å². The minimum Gasteiger partial charge on any atom is -0.371 e. The van der Waals surface area contributed by atoms with E-state index in [1.807, 2.05) is 36.4 Å². The highest BCUT2D eigenvalue weighted by Gasteiger charge is 2.45. The molecule has 35 heavy (non-hydrogen) atoms. The van der Waals surface area contributed by atoms with Gasteiger partial charge in [0.1, 0.15) is 0 Å². The summed E-state index contributed by atoms with van der Waals surface area (Å²) in [5, 5.41) is 14.6. The molecule has 1 saturated heterocycles. The molecule has 2 aromatic carbocycles. The lowest BCUT2D eigenvalue weighted by molar-refractivity contribution is -0.384. The number of nitrogens with zero attached hydrogens (tertiary/aromatic N) is 4. The molecule has 1 aliphatic heterocycles. The lowest BCUT2D eigenvalue weighted by Crippen LogP contribution is -2.64. The first-order valence-electron chi connectivity index (χ1n) is 12.5. The number of benzene rings is 2. The van der Waals surface area contributed by atoms with E-state index in [1.54, 1.807) is 18.3 Å². The molecule has 1 aliphatic carbocycles. The van der Waals surface area contributed by atoms with Gasteiger partial charge in [0.15, 0.2) is 0 Å². The van der Waals surface area contributed by atoms with Gasteiger partial charge in [-0.25, -0.2) is 9.97 Å². The van der Waals surface area contributed by atoms with Crippen molar-refractivity contribution in [3.8, 4) is 11.3 Å². The molecule has 0 radical (unpaired) electrons. The number of nitro groups is 1. The molecular formula is C27H32N6O2. The fourth-order valence-electron chi connectivity index (χ4n) is 5.71. The molecule has 2 fully saturated rings. The quantitative estimate of drug-likeness (QED) is 0.383. The van der Waals surface area contributed by atoms with Crippen LogP contribution in [0.2, 0.25) is 0 Å². The highest BCUT2D eigenvalue weighted by Crippen LogP contribution is 2.39. The number of rotatable bonds is 6. The predicted octanol–water partition coefficient (Wildman–Crippen LogP) is 5.02. The second-order valence-electron chi connectivity index (χ2n) is 9.75. The Hall–Kier alpha value is -3.52. The van der Waals surface area contributed by atoms with Crippen molar-refractivity contribution in [2.75, 3.05) is 23.3 Å². The van der Waals surface area contributed by atoms with Crippen LogP contribution in [-0.4, -0.2) is 39.6 Å². The highest BCUT2D eigenvalue weighted by molar-refractivity contribution is 5.59. The largest absolute Gasteiger partial charge is 0.371 e. The van der Waals surface area contributed by atoms with Crippen LogP contribution in [0.5, 0.6) is 0 Å². The van der Waals surface area contributed by atoms with Crippen LogP contribution in [0, 0.1) is 16.0 Å². The zero-order valence-electron chi connectivity index (χ0n) is 19.8. The smallest absolute Gasteiger partial charge is 0.269 e. The van der Waals surface area contributed by atoms with E-state index in [2.05, 4.69) is 27.3 Å². The Bertz CT molecular complexity index is 1160. The number of nitro benzene ring substituents is 1. The average Bonchev–Trinajstić information content (AvgIpc) is 2.91. The summed E-state index contributed by atoms with van der Waals surface area (Å²) in [6, 6.07) is 19.0. The summed E-state index contributed by atoms with van der Waals surface area (Å²) >= 11 is 0. The van der Waals surface area contributed by atoms with Crippen LogP contribution in [-0.2, 0) is 0 Å². The van der Waals surface area contributed by atoms with Gasteiger partial charge in [0.25, 0.3) is 5.69 Å². The Morgan fingerprint density at radius 3 is 2.60 bits per heavy atom. The summed E-state index contributed by atoms with van der Waals surface area (Å²) in [6.45, 7) is 1.78. The van der Waals surface area contributed by atoms with Crippen molar-refractivity contribution in [2.45, 2.75) is 50.1 Å². The van der Waals surface area contributed by atoms with Gasteiger partial charge < -0.3 is 16.0 Å². The maximum absolute atomic E-state index is 11.0. The molecule has 5 rings (SSSR count). The van der Waals surface area contributed by atoms with Crippen molar-refractivity contribution in [3.05, 3.63) is 77.0 Å². The lowest BCUT2D eigenvalue weighted by Gasteiger charge is -2.50. The molecule has 1 aromatic heterocycles. The van der Waals surface area contributed by atoms with Crippen LogP contribution < -0.4 is 16.0 Å². The van der Waals surface area contributed by atoms with E-state index in [0.29, 0.717) is 11.9 Å². The number of hydrogen-bond acceptors (Lipinski definition) is 7. The van der Waals surface area contributed by atoms with E-state index in [0.717, 1.165) is 68.6 Å². The number of hydrogen-bond donors (Lipinski definition) is 2. The fourth-order valence-corrected chi connectivity index (χ4v) is 5.71. The maximum Gasteiger partial charge on any atom is 0.269 e. The van der Waals surface area contributed by atoms with Gasteiger partial charge in [-0.2, -0.15) is 0 Å². The lowest BCUT2D eigenvalue weighted by atomic mass is 9.67. The van der Waals surface area contributed by atoms with E-state index in [9.17, 15) is 10.1 Å². The van der Waals surface area contributed by atoms with E-state index in [1.165, 1.54) is 0 Å². The van der Waals surface area contributed by atoms with Crippen molar-refractivity contribution >= 4 is 17.3 Å². The molecule has 3 atom stereocenters. The molecule has 8 heteroatoms. The standard InChI is InChI=1S/C27H32N6O2/c28-27(21-9-6-18-32(19-21)22-11-13-23(14-12-22)33(34)35)16-5-4-10-25(27)31-26-29-17-15-24(30-26)20-7-2-1-3-8-20/h1-3,7-8,11-15,17,21,25H,4-6,9-10,16,18-19,28H2,(H,29,30,31). The number of nitrogens with one attached hydrogen (secondary N) is 1. The first-order valence-corrected chi connectivity index (χ1v) is 12.5. The predicted molar refractivity (Wildman–Crippen MR) is 138 cm³/mol. The summed E-state index contributed by atoms with van der Waals surface area (Å²) < 4.78 is 0. The van der Waals surface area contributed by atoms with Gasteiger partial charge in [-0.3, -0.25) is 10.1 Å². The van der Waals surface area contributed by atoms with Crippen LogP contribution in [0.15, 0.2) is 66.9 Å². The maximum atomic E-state index is 11.0. The molecular weight excluding hydrogens is 440 g/mol. The van der Waals surface area contributed by atoms with Crippen LogP contribution in [0.25, 0.3) is 11.3 Å². The summed E-state index contributed by atoms with van der Waals surface area (Å²) in [5.41, 5.74) is 9.96. The minimum atomic E-state index is -0.371. The van der Waals surface area contributed by atoms with Crippen molar-refractivity contribution in [1.82, 2.24) is 9.97 Å². The Balaban J connectivity index is 1.34. The molecule has 0 spiro atoms. The van der Waals surface area contributed by atoms with Gasteiger partial charge in [0.05, 0.1) is 10.6 Å². The number of aromatic nitrogens is 2. The Morgan fingerprint density at radius 2 is 1.83 bits per heavy atom. The topological polar surface area (TPSA) is 110 Å². The molecule has 2 aliphatic rings. The highest BCUT2D eigenvalue weighted by atomic mass is 16.6. The third kappa shape index (κ3) is 4.98. The van der Waals surface area contributed by atoms with Crippen molar-refractivity contribution in [2.24, 2.45) is 11.7 Å². The van der Waals surface area contributed by atoms with E-state index in [4.69, 9.17) is 10.7 Å². The first kappa shape index (κ1) is 23.2. The normalized spacial score (nSPS) is 24.7. The number of anilines is 2. The SMILES string of the molecule is NC1(C2CCCN(c3ccc([N+](=O)[O-])cc3)C2)CCCCC1Nc1nccc(-c2ccccc2)n1. The van der Waals surface area contributed by atoms with Crippen LogP contribution >= 0.6 is 0 Å². The van der Waals surface area contributed by atoms with Gasteiger partial charge in [-0.05, 0) is 49.8 Å². The van der Waals surface area contributed by atoms with Gasteiger partial charge in [-0.15, -0.1) is 0 Å². The van der Waals surface area contributed by atoms with Gasteiger partial charge in [0, 0.05) is 54.3 Å². The first-order chi connectivity index (χ1) is 17.0. The summed E-state index contributed by atoms with van der Waals surface area (Å²) in [5.74, 6) is 0.928. The molecule has 3 aromatic rings. The zero-order valence-corrected chi connectivity index (χ0v) is 19.8. The minimum absolute atomic E-state index is 0.0871. The third-order valence-electron chi connectivity index (χ3n) is 7.64. The molecule has 0 bridgehead atoms. The van der Waals surface area contributed by atoms with E-state index in [-0.39, 0.29) is 22.2 Å². The fraction of sp³-hybridized carbons (Fsp3) is 0.407. The van der Waals surface area contributed by atoms with Crippen LogP contribution in [0.1, 0.15) is 38.5 Å². The van der Waals surface area contributed by atoms with Gasteiger partial charge in [-0.1, -0.05) is 43.2 Å². The van der Waals surface area contributed by atoms with E-state index < -0.39 is 0 Å². The molecule has 3 N–H and O–H groups in total. The number of non-ortho nitro benzene ring substituents is 1. The number of nitrogens with two attached hydrogens (primary N) is 1. The molecule has 182 valence electrons. The van der Waals surface area contributed by atoms with Gasteiger partial charge >= 0.3 is 0 Å². The molecule has 3 unspecified atom stereocenters. The second kappa shape index (κ2) is 10.00. The Labute approximate surface area is 205 Å². The van der Waals surface area contributed by atoms with Crippen molar-refractivity contribution in [3.63, 3.8) is 0 Å². The molecule has 8 nitrogen and oxygen atoms in total. The molecule has 0 amide bonds. The van der Waals surface area contributed by atoms with Crippen molar-refractivity contribution < 1.29 is 4.92 Å². The molecule has 2 heterocycles. The summed E-state index contributed by atoms with van der Waals surface area (Å²) in [6.07, 6.45) is 8.12. The Morgan fingerprint density at radius 1 is 1.03 bits per heavy atom. The average molecular weight is 473 g/mol. The second-order valence-corrected chi connectivity index (χ2v) is 9.75. The third-order valence-corrected chi connectivity index (χ3v) is 7.64. The molecule has 1 saturated carbocycles. The summed E-state index contributed by atoms with van der Waals surface area (Å²) in [4.78, 5) is 22.3.